The van der Waals surface area contributed by atoms with Gasteiger partial charge in [0.2, 0.25) is 0 Å². The van der Waals surface area contributed by atoms with E-state index in [0.717, 1.165) is 12.4 Å². The Morgan fingerprint density at radius 3 is 2.93 bits per heavy atom. The molecule has 0 aliphatic carbocycles. The lowest BCUT2D eigenvalue weighted by Gasteiger charge is -2.09. The summed E-state index contributed by atoms with van der Waals surface area (Å²) in [6.07, 6.45) is 0. The van der Waals surface area contributed by atoms with Crippen molar-refractivity contribution in [3.8, 4) is 0 Å². The van der Waals surface area contributed by atoms with E-state index in [1.54, 1.807) is 0 Å². The Balaban J connectivity index is 1.91. The van der Waals surface area contributed by atoms with Gasteiger partial charge in [0.25, 0.3) is 0 Å². The van der Waals surface area contributed by atoms with Crippen molar-refractivity contribution in [2.24, 2.45) is 11.1 Å². The lowest BCUT2D eigenvalue weighted by molar-refractivity contribution is 0.158. The normalized spacial score (nSPS) is 28.5. The average molecular weight is 219 g/mol. The van der Waals surface area contributed by atoms with E-state index in [-0.39, 0.29) is 0 Å². The molecule has 1 aromatic carbocycles. The average Bonchev–Trinajstić information content (AvgIpc) is 2.80. The second-order valence-corrected chi connectivity index (χ2v) is 5.27. The molecule has 0 amide bonds. The first-order valence-electron chi connectivity index (χ1n) is 5.22. The molecule has 0 bridgehead atoms. The molecule has 0 N–H and O–H groups in total. The summed E-state index contributed by atoms with van der Waals surface area (Å²) in [7, 11) is 0. The van der Waals surface area contributed by atoms with Crippen molar-refractivity contribution in [1.29, 1.82) is 0 Å². The van der Waals surface area contributed by atoms with Crippen LogP contribution in [0.3, 0.4) is 0 Å². The van der Waals surface area contributed by atoms with Gasteiger partial charge in [-0.15, -0.1) is 11.8 Å². The summed E-state index contributed by atoms with van der Waals surface area (Å²) in [5, 5.41) is 4.60. The summed E-state index contributed by atoms with van der Waals surface area (Å²) in [5.41, 5.74) is 3.91. The second kappa shape index (κ2) is 3.56. The van der Waals surface area contributed by atoms with E-state index >= 15 is 0 Å². The summed E-state index contributed by atoms with van der Waals surface area (Å²) in [5.74, 6) is 1.71. The standard InChI is InChI=1S/C12H13NOS/c1-8-2-4-9(5-3-8)12-11-10(7-15-12)6-14-13-11/h2-5,10,12H,6-7H2,1H3/t10-,12+/m1/s1. The van der Waals surface area contributed by atoms with Crippen molar-refractivity contribution in [3.05, 3.63) is 35.4 Å². The van der Waals surface area contributed by atoms with Gasteiger partial charge in [-0.1, -0.05) is 35.0 Å². The van der Waals surface area contributed by atoms with E-state index < -0.39 is 0 Å². The Morgan fingerprint density at radius 1 is 1.33 bits per heavy atom. The number of thioether (sulfide) groups is 1. The molecule has 0 unspecified atom stereocenters. The van der Waals surface area contributed by atoms with Crippen LogP contribution >= 0.6 is 11.8 Å². The number of oxime groups is 1. The van der Waals surface area contributed by atoms with Crippen LogP contribution < -0.4 is 0 Å². The Bertz CT molecular complexity index is 399. The van der Waals surface area contributed by atoms with Gasteiger partial charge in [0.05, 0.1) is 11.0 Å². The number of aryl methyl sites for hydroxylation is 1. The molecule has 0 radical (unpaired) electrons. The zero-order valence-corrected chi connectivity index (χ0v) is 9.46. The van der Waals surface area contributed by atoms with Crippen LogP contribution in [0.4, 0.5) is 0 Å². The number of hydrogen-bond donors (Lipinski definition) is 0. The molecule has 0 spiro atoms. The smallest absolute Gasteiger partial charge is 0.126 e. The van der Waals surface area contributed by atoms with Gasteiger partial charge in [0.15, 0.2) is 0 Å². The topological polar surface area (TPSA) is 21.6 Å². The Hall–Kier alpha value is -0.960. The van der Waals surface area contributed by atoms with Crippen molar-refractivity contribution in [1.82, 2.24) is 0 Å². The number of rotatable bonds is 1. The van der Waals surface area contributed by atoms with Crippen molar-refractivity contribution < 1.29 is 4.84 Å². The summed E-state index contributed by atoms with van der Waals surface area (Å²) in [6.45, 7) is 2.90. The molecule has 3 rings (SSSR count). The summed E-state index contributed by atoms with van der Waals surface area (Å²) in [4.78, 5) is 5.16. The highest BCUT2D eigenvalue weighted by molar-refractivity contribution is 8.00. The molecule has 1 saturated heterocycles. The molecule has 1 aromatic rings. The van der Waals surface area contributed by atoms with E-state index in [9.17, 15) is 0 Å². The zero-order valence-electron chi connectivity index (χ0n) is 8.64. The Labute approximate surface area is 93.7 Å². The van der Waals surface area contributed by atoms with Crippen LogP contribution in [0.15, 0.2) is 29.4 Å². The van der Waals surface area contributed by atoms with Crippen LogP contribution in [-0.2, 0) is 4.84 Å². The number of benzene rings is 1. The maximum atomic E-state index is 5.16. The first-order valence-corrected chi connectivity index (χ1v) is 6.27. The van der Waals surface area contributed by atoms with Gasteiger partial charge in [-0.05, 0) is 12.5 Å². The highest BCUT2D eigenvalue weighted by Crippen LogP contribution is 2.43. The third-order valence-corrected chi connectivity index (χ3v) is 4.42. The highest BCUT2D eigenvalue weighted by atomic mass is 32.2. The molecule has 78 valence electrons. The van der Waals surface area contributed by atoms with Gasteiger partial charge >= 0.3 is 0 Å². The third kappa shape index (κ3) is 1.55. The van der Waals surface area contributed by atoms with Crippen LogP contribution in [0.5, 0.6) is 0 Å². The Morgan fingerprint density at radius 2 is 2.13 bits per heavy atom. The van der Waals surface area contributed by atoms with Crippen LogP contribution in [0.25, 0.3) is 0 Å². The minimum atomic E-state index is 0.429. The largest absolute Gasteiger partial charge is 0.395 e. The van der Waals surface area contributed by atoms with E-state index in [0.29, 0.717) is 11.2 Å². The maximum Gasteiger partial charge on any atom is 0.126 e. The number of nitrogens with zero attached hydrogens (tertiary/aromatic N) is 1. The number of fused-ring (bicyclic) bond motifs is 1. The molecule has 3 heteroatoms. The highest BCUT2D eigenvalue weighted by Gasteiger charge is 2.37. The first kappa shape index (κ1) is 9.28. The quantitative estimate of drug-likeness (QED) is 0.724. The van der Waals surface area contributed by atoms with Crippen molar-refractivity contribution >= 4 is 17.5 Å². The second-order valence-electron chi connectivity index (χ2n) is 4.13. The fraction of sp³-hybridized carbons (Fsp3) is 0.417. The van der Waals surface area contributed by atoms with E-state index in [1.807, 2.05) is 11.8 Å². The molecule has 2 aliphatic heterocycles. The molecule has 0 saturated carbocycles. The van der Waals surface area contributed by atoms with Crippen LogP contribution in [0.1, 0.15) is 16.4 Å². The van der Waals surface area contributed by atoms with Gasteiger partial charge in [-0.3, -0.25) is 0 Å². The van der Waals surface area contributed by atoms with Crippen molar-refractivity contribution in [2.75, 3.05) is 12.4 Å². The minimum Gasteiger partial charge on any atom is -0.395 e. The molecule has 2 heterocycles. The van der Waals surface area contributed by atoms with E-state index in [4.69, 9.17) is 4.84 Å². The summed E-state index contributed by atoms with van der Waals surface area (Å²) < 4.78 is 0. The van der Waals surface area contributed by atoms with Gasteiger partial charge < -0.3 is 4.84 Å². The molecular weight excluding hydrogens is 206 g/mol. The van der Waals surface area contributed by atoms with Crippen molar-refractivity contribution in [3.63, 3.8) is 0 Å². The van der Waals surface area contributed by atoms with Crippen LogP contribution in [-0.4, -0.2) is 18.1 Å². The maximum absolute atomic E-state index is 5.16. The van der Waals surface area contributed by atoms with E-state index in [2.05, 4.69) is 36.3 Å². The van der Waals surface area contributed by atoms with Crippen molar-refractivity contribution in [2.45, 2.75) is 12.2 Å². The predicted octanol–water partition coefficient (Wildman–Crippen LogP) is 2.79. The zero-order chi connectivity index (χ0) is 10.3. The molecule has 2 nitrogen and oxygen atoms in total. The van der Waals surface area contributed by atoms with E-state index in [1.165, 1.54) is 16.8 Å². The minimum absolute atomic E-state index is 0.429. The molecule has 0 aromatic heterocycles. The summed E-state index contributed by atoms with van der Waals surface area (Å²) in [6, 6.07) is 8.74. The van der Waals surface area contributed by atoms with Gasteiger partial charge in [-0.25, -0.2) is 0 Å². The monoisotopic (exact) mass is 219 g/mol. The predicted molar refractivity (Wildman–Crippen MR) is 63.3 cm³/mol. The van der Waals surface area contributed by atoms with Gasteiger partial charge in [0.1, 0.15) is 6.61 Å². The molecule has 15 heavy (non-hydrogen) atoms. The van der Waals surface area contributed by atoms with Gasteiger partial charge in [-0.2, -0.15) is 0 Å². The van der Waals surface area contributed by atoms with Crippen LogP contribution in [0, 0.1) is 12.8 Å². The third-order valence-electron chi connectivity index (χ3n) is 2.98. The molecule has 1 fully saturated rings. The molecular formula is C12H13NOS. The lowest BCUT2D eigenvalue weighted by atomic mass is 9.99. The number of hydrogen-bond acceptors (Lipinski definition) is 3. The fourth-order valence-corrected chi connectivity index (χ4v) is 3.51. The fourth-order valence-electron chi connectivity index (χ4n) is 2.06. The molecule has 2 aliphatic rings. The van der Waals surface area contributed by atoms with Gasteiger partial charge in [0, 0.05) is 11.7 Å². The Kier molecular flexibility index (Phi) is 2.20. The molecule has 2 atom stereocenters. The SMILES string of the molecule is Cc1ccc([C@@H]2SC[C@H]3CON=C32)cc1. The summed E-state index contributed by atoms with van der Waals surface area (Å²) >= 11 is 1.98. The lowest BCUT2D eigenvalue weighted by Crippen LogP contribution is -2.11. The van der Waals surface area contributed by atoms with Crippen LogP contribution in [0.2, 0.25) is 0 Å². The first-order chi connectivity index (χ1) is 7.34.